The van der Waals surface area contributed by atoms with E-state index in [1.807, 2.05) is 39.8 Å². The highest BCUT2D eigenvalue weighted by molar-refractivity contribution is 5.15. The molecule has 1 fully saturated rings. The van der Waals surface area contributed by atoms with Crippen molar-refractivity contribution in [1.29, 1.82) is 0 Å². The summed E-state index contributed by atoms with van der Waals surface area (Å²) in [6, 6.07) is 0. The van der Waals surface area contributed by atoms with Gasteiger partial charge in [0.2, 0.25) is 0 Å². The average Bonchev–Trinajstić information content (AvgIpc) is 2.80. The van der Waals surface area contributed by atoms with Crippen LogP contribution in [0.4, 0.5) is 0 Å². The Labute approximate surface area is 115 Å². The highest BCUT2D eigenvalue weighted by Gasteiger charge is 2.17. The Kier molecular flexibility index (Phi) is 15.4. The molecule has 1 rings (SSSR count). The lowest BCUT2D eigenvalue weighted by molar-refractivity contribution is 0.356. The molecule has 18 heavy (non-hydrogen) atoms. The highest BCUT2D eigenvalue weighted by Crippen LogP contribution is 2.15. The molecule has 0 aromatic carbocycles. The minimum Gasteiger partial charge on any atom is -0.299 e. The molecule has 1 saturated heterocycles. The van der Waals surface area contributed by atoms with Crippen LogP contribution in [-0.2, 0) is 0 Å². The zero-order valence-corrected chi connectivity index (χ0v) is 13.4. The summed E-state index contributed by atoms with van der Waals surface area (Å²) < 4.78 is 0. The highest BCUT2D eigenvalue weighted by atomic mass is 15.1. The lowest BCUT2D eigenvalue weighted by Gasteiger charge is -2.14. The number of hydrogen-bond donors (Lipinski definition) is 0. The third-order valence-corrected chi connectivity index (χ3v) is 2.61. The van der Waals surface area contributed by atoms with Crippen LogP contribution in [0.5, 0.6) is 0 Å². The van der Waals surface area contributed by atoms with Crippen LogP contribution in [0, 0.1) is 5.92 Å². The van der Waals surface area contributed by atoms with Crippen LogP contribution in [0.2, 0.25) is 0 Å². The Hall–Kier alpha value is -0.820. The Morgan fingerprint density at radius 1 is 1.22 bits per heavy atom. The Balaban J connectivity index is 0. The topological polar surface area (TPSA) is 3.24 Å². The summed E-state index contributed by atoms with van der Waals surface area (Å²) in [5.74, 6) is 0.881. The summed E-state index contributed by atoms with van der Waals surface area (Å²) in [6.07, 6.45) is 9.36. The summed E-state index contributed by atoms with van der Waals surface area (Å²) in [5, 5.41) is 0. The molecule has 0 unspecified atom stereocenters. The number of allylic oxidation sites excluding steroid dienone is 4. The van der Waals surface area contributed by atoms with Gasteiger partial charge in [0.05, 0.1) is 0 Å². The first-order valence-electron chi connectivity index (χ1n) is 7.39. The van der Waals surface area contributed by atoms with E-state index >= 15 is 0 Å². The van der Waals surface area contributed by atoms with E-state index in [2.05, 4.69) is 37.5 Å². The van der Waals surface area contributed by atoms with Crippen LogP contribution in [-0.4, -0.2) is 24.5 Å². The summed E-state index contributed by atoms with van der Waals surface area (Å²) in [5.41, 5.74) is 1.43. The zero-order valence-electron chi connectivity index (χ0n) is 13.4. The fourth-order valence-electron chi connectivity index (χ4n) is 1.87. The Morgan fingerprint density at radius 2 is 1.83 bits per heavy atom. The van der Waals surface area contributed by atoms with E-state index in [0.717, 1.165) is 12.5 Å². The molecule has 0 saturated carbocycles. The van der Waals surface area contributed by atoms with Gasteiger partial charge >= 0.3 is 0 Å². The van der Waals surface area contributed by atoms with E-state index in [9.17, 15) is 0 Å². The fourth-order valence-corrected chi connectivity index (χ4v) is 1.87. The van der Waals surface area contributed by atoms with Crippen molar-refractivity contribution in [2.45, 2.75) is 48.0 Å². The molecule has 0 bridgehead atoms. The van der Waals surface area contributed by atoms with Gasteiger partial charge in [0, 0.05) is 13.1 Å². The number of rotatable bonds is 4. The van der Waals surface area contributed by atoms with Gasteiger partial charge in [-0.2, -0.15) is 0 Å². The molecule has 0 aliphatic carbocycles. The van der Waals surface area contributed by atoms with Gasteiger partial charge in [-0.25, -0.2) is 0 Å². The molecule has 0 aromatic rings. The van der Waals surface area contributed by atoms with Crippen molar-refractivity contribution in [1.82, 2.24) is 4.90 Å². The smallest absolute Gasteiger partial charge is 0.0193 e. The van der Waals surface area contributed by atoms with E-state index in [1.54, 1.807) is 0 Å². The maximum absolute atomic E-state index is 3.64. The second-order valence-electron chi connectivity index (χ2n) is 4.26. The van der Waals surface area contributed by atoms with Crippen molar-refractivity contribution in [2.75, 3.05) is 19.6 Å². The number of nitrogens with zero attached hydrogens (tertiary/aromatic N) is 1. The summed E-state index contributed by atoms with van der Waals surface area (Å²) in [6.45, 7) is 19.8. The van der Waals surface area contributed by atoms with E-state index in [4.69, 9.17) is 0 Å². The molecule has 106 valence electrons. The second kappa shape index (κ2) is 14.2. The molecule has 1 heterocycles. The predicted octanol–water partition coefficient (Wildman–Crippen LogP) is 5.07. The van der Waals surface area contributed by atoms with Gasteiger partial charge < -0.3 is 0 Å². The summed E-state index contributed by atoms with van der Waals surface area (Å²) >= 11 is 0. The van der Waals surface area contributed by atoms with Crippen molar-refractivity contribution in [3.8, 4) is 0 Å². The molecule has 0 radical (unpaired) electrons. The van der Waals surface area contributed by atoms with Gasteiger partial charge in [-0.15, -0.1) is 0 Å². The quantitative estimate of drug-likeness (QED) is 0.631. The van der Waals surface area contributed by atoms with Gasteiger partial charge in [-0.3, -0.25) is 4.90 Å². The molecule has 1 heteroatoms. The summed E-state index contributed by atoms with van der Waals surface area (Å²) in [4.78, 5) is 2.53. The fraction of sp³-hybridized carbons (Fsp3) is 0.647. The van der Waals surface area contributed by atoms with Gasteiger partial charge in [-0.1, -0.05) is 71.1 Å². The normalized spacial score (nSPS) is 19.9. The molecular formula is C17H33N. The van der Waals surface area contributed by atoms with Crippen molar-refractivity contribution < 1.29 is 0 Å². The van der Waals surface area contributed by atoms with Crippen molar-refractivity contribution in [2.24, 2.45) is 5.92 Å². The molecule has 1 aliphatic rings. The van der Waals surface area contributed by atoms with Crippen molar-refractivity contribution in [3.05, 3.63) is 36.5 Å². The zero-order chi connectivity index (χ0) is 14.4. The molecule has 1 aliphatic heterocycles. The second-order valence-corrected chi connectivity index (χ2v) is 4.26. The molecule has 1 nitrogen and oxygen atoms in total. The van der Waals surface area contributed by atoms with Crippen LogP contribution >= 0.6 is 0 Å². The largest absolute Gasteiger partial charge is 0.299 e. The first-order chi connectivity index (χ1) is 8.72. The molecule has 0 amide bonds. The minimum absolute atomic E-state index is 0.881. The summed E-state index contributed by atoms with van der Waals surface area (Å²) in [7, 11) is 0. The lowest BCUT2D eigenvalue weighted by atomic mass is 10.2. The van der Waals surface area contributed by atoms with Gasteiger partial charge in [0.25, 0.3) is 0 Å². The first-order valence-corrected chi connectivity index (χ1v) is 7.39. The van der Waals surface area contributed by atoms with Gasteiger partial charge in [-0.05, 0) is 25.8 Å². The molecule has 0 aromatic heterocycles. The average molecular weight is 251 g/mol. The van der Waals surface area contributed by atoms with Gasteiger partial charge in [0.15, 0.2) is 0 Å². The predicted molar refractivity (Wildman–Crippen MR) is 86.0 cm³/mol. The van der Waals surface area contributed by atoms with Crippen molar-refractivity contribution in [3.63, 3.8) is 0 Å². The Bertz CT molecular complexity index is 238. The standard InChI is InChI=1S/C13H21N.2C2H6/c1-4-5-6-7-12(2)10-14-9-8-13(3)11-14;2*1-2/h4-7,13H,1,8-11H2,2-3H3;2*1-2H3/b6-5-,12-7+;;/t13-;;/m1../s1. The van der Waals surface area contributed by atoms with Crippen LogP contribution in [0.1, 0.15) is 48.0 Å². The van der Waals surface area contributed by atoms with E-state index in [0.29, 0.717) is 0 Å². The molecular weight excluding hydrogens is 218 g/mol. The maximum atomic E-state index is 3.64. The third-order valence-electron chi connectivity index (χ3n) is 2.61. The molecule has 0 spiro atoms. The Morgan fingerprint density at radius 3 is 2.28 bits per heavy atom. The number of likely N-dealkylation sites (tertiary alicyclic amines) is 1. The van der Waals surface area contributed by atoms with E-state index in [-0.39, 0.29) is 0 Å². The van der Waals surface area contributed by atoms with Crippen LogP contribution in [0.3, 0.4) is 0 Å². The third kappa shape index (κ3) is 10.3. The van der Waals surface area contributed by atoms with Crippen LogP contribution in [0.15, 0.2) is 36.5 Å². The first kappa shape index (κ1) is 19.5. The van der Waals surface area contributed by atoms with Gasteiger partial charge in [0.1, 0.15) is 0 Å². The SMILES string of the molecule is C=C/C=C\C=C(/C)CN1CC[C@@H](C)C1.CC.CC. The maximum Gasteiger partial charge on any atom is 0.0193 e. The molecule has 0 N–H and O–H groups in total. The monoisotopic (exact) mass is 251 g/mol. The van der Waals surface area contributed by atoms with Crippen LogP contribution < -0.4 is 0 Å². The number of hydrogen-bond acceptors (Lipinski definition) is 1. The van der Waals surface area contributed by atoms with Crippen LogP contribution in [0.25, 0.3) is 0 Å². The molecule has 1 atom stereocenters. The lowest BCUT2D eigenvalue weighted by Crippen LogP contribution is -2.22. The minimum atomic E-state index is 0.881. The van der Waals surface area contributed by atoms with Crippen molar-refractivity contribution >= 4 is 0 Å². The van der Waals surface area contributed by atoms with E-state index in [1.165, 1.54) is 25.1 Å². The van der Waals surface area contributed by atoms with E-state index < -0.39 is 0 Å².